The van der Waals surface area contributed by atoms with Crippen LogP contribution >= 0.6 is 0 Å². The second-order valence-corrected chi connectivity index (χ2v) is 5.99. The monoisotopic (exact) mass is 421 g/mol. The summed E-state index contributed by atoms with van der Waals surface area (Å²) in [5.41, 5.74) is 8.46. The molecule has 6 heteroatoms. The molecule has 1 aliphatic heterocycles. The van der Waals surface area contributed by atoms with Crippen LogP contribution in [0.1, 0.15) is 69.2 Å². The first kappa shape index (κ1) is 26.1. The van der Waals surface area contributed by atoms with Crippen molar-refractivity contribution in [1.82, 2.24) is 5.32 Å². The van der Waals surface area contributed by atoms with Gasteiger partial charge in [0.15, 0.2) is 0 Å². The van der Waals surface area contributed by atoms with Crippen molar-refractivity contribution in [2.75, 3.05) is 6.54 Å². The zero-order valence-corrected chi connectivity index (χ0v) is 19.2. The normalized spacial score (nSPS) is 16.2. The molecule has 1 aliphatic rings. The maximum atomic E-state index is 5.82. The minimum absolute atomic E-state index is 0. The van der Waals surface area contributed by atoms with Gasteiger partial charge in [0.1, 0.15) is 6.17 Å². The van der Waals surface area contributed by atoms with Gasteiger partial charge in [-0.3, -0.25) is 5.32 Å². The van der Waals surface area contributed by atoms with E-state index in [2.05, 4.69) is 41.5 Å². The molecule has 2 rings (SSSR count). The smallest absolute Gasteiger partial charge is 1.00 e. The Hall–Kier alpha value is -0.147. The molecule has 1 aromatic rings. The average molecular weight is 424 g/mol. The van der Waals surface area contributed by atoms with Gasteiger partial charge in [0.05, 0.1) is 5.84 Å². The maximum Gasteiger partial charge on any atom is 2.00 e. The van der Waals surface area contributed by atoms with Crippen LogP contribution in [-0.2, 0) is 25.9 Å². The molecule has 132 valence electrons. The van der Waals surface area contributed by atoms with Crippen molar-refractivity contribution in [1.29, 1.82) is 0 Å². The van der Waals surface area contributed by atoms with E-state index in [4.69, 9.17) is 5.73 Å². The van der Waals surface area contributed by atoms with Crippen molar-refractivity contribution in [3.05, 3.63) is 35.4 Å². The van der Waals surface area contributed by atoms with Gasteiger partial charge in [0.25, 0.3) is 0 Å². The molecule has 24 heavy (non-hydrogen) atoms. The average Bonchev–Trinajstić information content (AvgIpc) is 2.51. The van der Waals surface area contributed by atoms with E-state index in [1.54, 1.807) is 0 Å². The summed E-state index contributed by atoms with van der Waals surface area (Å²) in [6.45, 7) is 3.18. The predicted octanol–water partition coefficient (Wildman–Crippen LogP) is -2.06. The molecule has 0 aliphatic carbocycles. The first-order valence-electron chi connectivity index (χ1n) is 8.44. The number of nitrogens with one attached hydrogen (secondary N) is 1. The Morgan fingerprint density at radius 3 is 2.29 bits per heavy atom. The second kappa shape index (κ2) is 15.1. The standard InChI is InChI=1S/C18H29N3.2ClH.Zn/c1-2-3-4-5-6-7-8-15-9-11-16(12-10-15)18-20-14-13-17(19)21-18;;;/h9-12,18,20H,2-8,13-14H2,1H3,(H2,19,21);2*1H;/q;;;+2/p-2. The maximum absolute atomic E-state index is 5.82. The summed E-state index contributed by atoms with van der Waals surface area (Å²) in [5.74, 6) is 0.759. The largest absolute Gasteiger partial charge is 2.00 e. The summed E-state index contributed by atoms with van der Waals surface area (Å²) in [4.78, 5) is 4.47. The summed E-state index contributed by atoms with van der Waals surface area (Å²) >= 11 is 0. The van der Waals surface area contributed by atoms with E-state index in [9.17, 15) is 0 Å². The van der Waals surface area contributed by atoms with Crippen LogP contribution < -0.4 is 35.9 Å². The molecule has 1 aromatic carbocycles. The quantitative estimate of drug-likeness (QED) is 0.373. The van der Waals surface area contributed by atoms with E-state index in [-0.39, 0.29) is 50.5 Å². The molecule has 0 spiro atoms. The zero-order chi connectivity index (χ0) is 14.9. The molecule has 0 bridgehead atoms. The van der Waals surface area contributed by atoms with Crippen LogP contribution in [0.25, 0.3) is 0 Å². The second-order valence-electron chi connectivity index (χ2n) is 5.99. The molecule has 1 atom stereocenters. The molecule has 3 nitrogen and oxygen atoms in total. The van der Waals surface area contributed by atoms with Crippen molar-refractivity contribution >= 4 is 5.84 Å². The number of nitrogens with zero attached hydrogens (tertiary/aromatic N) is 1. The Morgan fingerprint density at radius 2 is 1.67 bits per heavy atom. The number of halogens is 2. The third kappa shape index (κ3) is 9.37. The van der Waals surface area contributed by atoms with Crippen molar-refractivity contribution in [3.8, 4) is 0 Å². The van der Waals surface area contributed by atoms with E-state index < -0.39 is 0 Å². The Kier molecular flexibility index (Phi) is 16.5. The van der Waals surface area contributed by atoms with E-state index in [0.29, 0.717) is 0 Å². The first-order chi connectivity index (χ1) is 10.3. The van der Waals surface area contributed by atoms with E-state index in [0.717, 1.165) is 18.8 Å². The molecule has 0 saturated carbocycles. The third-order valence-corrected chi connectivity index (χ3v) is 4.13. The summed E-state index contributed by atoms with van der Waals surface area (Å²) in [6, 6.07) is 8.85. The molecule has 0 aromatic heterocycles. The Labute approximate surface area is 172 Å². The molecular weight excluding hydrogens is 395 g/mol. The van der Waals surface area contributed by atoms with Crippen LogP contribution in [0.15, 0.2) is 29.3 Å². The minimum Gasteiger partial charge on any atom is -1.00 e. The number of hydrogen-bond acceptors (Lipinski definition) is 3. The van der Waals surface area contributed by atoms with Crippen LogP contribution in [-0.4, -0.2) is 12.4 Å². The molecule has 0 saturated heterocycles. The van der Waals surface area contributed by atoms with Crippen LogP contribution in [0, 0.1) is 0 Å². The van der Waals surface area contributed by atoms with Gasteiger partial charge in [-0.2, -0.15) is 0 Å². The zero-order valence-electron chi connectivity index (χ0n) is 14.7. The molecular formula is C18H29Cl2N3Zn. The van der Waals surface area contributed by atoms with Crippen molar-refractivity contribution in [2.24, 2.45) is 10.7 Å². The summed E-state index contributed by atoms with van der Waals surface area (Å²) in [5, 5.41) is 3.39. The fourth-order valence-corrected chi connectivity index (χ4v) is 2.78. The number of benzene rings is 1. The van der Waals surface area contributed by atoms with Crippen LogP contribution in [0.5, 0.6) is 0 Å². The van der Waals surface area contributed by atoms with Gasteiger partial charge in [-0.15, -0.1) is 0 Å². The number of unbranched alkanes of at least 4 members (excludes halogenated alkanes) is 5. The van der Waals surface area contributed by atoms with Crippen molar-refractivity contribution in [3.63, 3.8) is 0 Å². The topological polar surface area (TPSA) is 50.4 Å². The number of hydrogen-bond donors (Lipinski definition) is 2. The van der Waals surface area contributed by atoms with Gasteiger partial charge < -0.3 is 30.5 Å². The van der Waals surface area contributed by atoms with E-state index in [1.165, 1.54) is 56.1 Å². The summed E-state index contributed by atoms with van der Waals surface area (Å²) < 4.78 is 0. The number of rotatable bonds is 8. The van der Waals surface area contributed by atoms with Gasteiger partial charge in [-0.05, 0) is 24.0 Å². The van der Waals surface area contributed by atoms with Crippen LogP contribution in [0.4, 0.5) is 0 Å². The fourth-order valence-electron chi connectivity index (χ4n) is 2.78. The molecule has 3 N–H and O–H groups in total. The van der Waals surface area contributed by atoms with Gasteiger partial charge in [0, 0.05) is 13.0 Å². The Bertz CT molecular complexity index is 452. The number of amidine groups is 1. The van der Waals surface area contributed by atoms with Gasteiger partial charge >= 0.3 is 19.5 Å². The predicted molar refractivity (Wildman–Crippen MR) is 90.5 cm³/mol. The first-order valence-corrected chi connectivity index (χ1v) is 8.44. The number of aliphatic imine (C=N–C) groups is 1. The van der Waals surface area contributed by atoms with Gasteiger partial charge in [0.2, 0.25) is 0 Å². The van der Waals surface area contributed by atoms with Crippen LogP contribution in [0.2, 0.25) is 0 Å². The van der Waals surface area contributed by atoms with Crippen molar-refractivity contribution in [2.45, 2.75) is 64.5 Å². The molecule has 1 unspecified atom stereocenters. The van der Waals surface area contributed by atoms with Crippen molar-refractivity contribution < 1.29 is 44.3 Å². The number of aryl methyl sites for hydroxylation is 1. The molecule has 0 fully saturated rings. The van der Waals surface area contributed by atoms with Gasteiger partial charge in [-0.25, -0.2) is 4.99 Å². The fraction of sp³-hybridized carbons (Fsp3) is 0.611. The minimum atomic E-state index is 0. The Morgan fingerprint density at radius 1 is 1.04 bits per heavy atom. The van der Waals surface area contributed by atoms with Crippen LogP contribution in [0.3, 0.4) is 0 Å². The molecule has 0 radical (unpaired) electrons. The summed E-state index contributed by atoms with van der Waals surface area (Å²) in [7, 11) is 0. The molecule has 0 amide bonds. The number of nitrogens with two attached hydrogens (primary N) is 1. The van der Waals surface area contributed by atoms with Gasteiger partial charge in [-0.1, -0.05) is 63.3 Å². The SMILES string of the molecule is CCCCCCCCc1ccc(C2N=C(N)CCN2)cc1.[Cl-].[Cl-].[Zn+2]. The Balaban J connectivity index is 0. The van der Waals surface area contributed by atoms with E-state index in [1.807, 2.05) is 0 Å². The van der Waals surface area contributed by atoms with E-state index >= 15 is 0 Å². The third-order valence-electron chi connectivity index (χ3n) is 4.13. The summed E-state index contributed by atoms with van der Waals surface area (Å²) in [6.07, 6.45) is 10.2. The molecule has 1 heterocycles.